The highest BCUT2D eigenvalue weighted by Gasteiger charge is 2.08. The standard InChI is InChI=1S/C10H10ClN5O4/c1-6(17)20-15-10(12)14-13-5-7-4-8(16(18)19)2-3-9(7)11/h2-5H,1H3,(H3,12,14,15). The Balaban J connectivity index is 2.79. The number of benzene rings is 1. The van der Waals surface area contributed by atoms with Gasteiger partial charge in [0.15, 0.2) is 0 Å². The molecule has 20 heavy (non-hydrogen) atoms. The molecule has 1 aromatic carbocycles. The zero-order chi connectivity index (χ0) is 15.1. The number of non-ortho nitro benzene ring substituents is 1. The van der Waals surface area contributed by atoms with Crippen molar-refractivity contribution < 1.29 is 14.6 Å². The zero-order valence-corrected chi connectivity index (χ0v) is 11.0. The molecule has 0 atom stereocenters. The van der Waals surface area contributed by atoms with E-state index in [9.17, 15) is 14.9 Å². The van der Waals surface area contributed by atoms with E-state index in [1.807, 2.05) is 5.48 Å². The summed E-state index contributed by atoms with van der Waals surface area (Å²) < 4.78 is 0. The lowest BCUT2D eigenvalue weighted by Crippen LogP contribution is -2.32. The first-order valence-electron chi connectivity index (χ1n) is 5.14. The Morgan fingerprint density at radius 2 is 2.30 bits per heavy atom. The van der Waals surface area contributed by atoms with E-state index in [1.54, 1.807) is 0 Å². The maximum absolute atomic E-state index is 10.6. The van der Waals surface area contributed by atoms with Crippen LogP contribution < -0.4 is 11.2 Å². The first-order chi connectivity index (χ1) is 9.40. The van der Waals surface area contributed by atoms with Crippen LogP contribution in [0.25, 0.3) is 0 Å². The number of halogens is 1. The van der Waals surface area contributed by atoms with E-state index in [1.165, 1.54) is 31.3 Å². The molecule has 3 N–H and O–H groups in total. The summed E-state index contributed by atoms with van der Waals surface area (Å²) in [6, 6.07) is 3.86. The number of carbonyl (C=O) groups excluding carboxylic acids is 1. The van der Waals surface area contributed by atoms with E-state index in [4.69, 9.17) is 17.3 Å². The van der Waals surface area contributed by atoms with Gasteiger partial charge >= 0.3 is 5.97 Å². The third kappa shape index (κ3) is 4.90. The zero-order valence-electron chi connectivity index (χ0n) is 10.2. The number of guanidine groups is 1. The molecule has 0 aromatic heterocycles. The van der Waals surface area contributed by atoms with Crippen LogP contribution in [0.1, 0.15) is 12.5 Å². The summed E-state index contributed by atoms with van der Waals surface area (Å²) in [5.41, 5.74) is 7.51. The Hall–Kier alpha value is -2.68. The van der Waals surface area contributed by atoms with Gasteiger partial charge in [-0.2, -0.15) is 10.6 Å². The average Bonchev–Trinajstić information content (AvgIpc) is 2.38. The molecule has 106 valence electrons. The molecule has 1 rings (SSSR count). The summed E-state index contributed by atoms with van der Waals surface area (Å²) in [4.78, 5) is 24.9. The Morgan fingerprint density at radius 3 is 2.90 bits per heavy atom. The minimum Gasteiger partial charge on any atom is -0.366 e. The van der Waals surface area contributed by atoms with Crippen LogP contribution in [0.3, 0.4) is 0 Å². The Kier molecular flexibility index (Phi) is 5.42. The fourth-order valence-electron chi connectivity index (χ4n) is 1.04. The Labute approximate surface area is 118 Å². The second kappa shape index (κ2) is 7.04. The van der Waals surface area contributed by atoms with Gasteiger partial charge in [-0.3, -0.25) is 14.9 Å². The number of hydroxylamine groups is 1. The summed E-state index contributed by atoms with van der Waals surface area (Å²) in [6.45, 7) is 1.17. The van der Waals surface area contributed by atoms with Gasteiger partial charge in [-0.15, -0.1) is 5.10 Å². The van der Waals surface area contributed by atoms with Gasteiger partial charge in [0.2, 0.25) is 5.96 Å². The van der Waals surface area contributed by atoms with Crippen molar-refractivity contribution in [2.75, 3.05) is 0 Å². The third-order valence-corrected chi connectivity index (χ3v) is 2.20. The molecule has 0 aliphatic rings. The monoisotopic (exact) mass is 299 g/mol. The van der Waals surface area contributed by atoms with Crippen molar-refractivity contribution in [3.63, 3.8) is 0 Å². The van der Waals surface area contributed by atoms with E-state index in [0.29, 0.717) is 5.56 Å². The predicted molar refractivity (Wildman–Crippen MR) is 72.2 cm³/mol. The summed E-state index contributed by atoms with van der Waals surface area (Å²) in [5.74, 6) is -0.869. The fourth-order valence-corrected chi connectivity index (χ4v) is 1.21. The highest BCUT2D eigenvalue weighted by Crippen LogP contribution is 2.20. The molecule has 0 fully saturated rings. The number of nitrogens with two attached hydrogens (primary N) is 1. The van der Waals surface area contributed by atoms with Crippen molar-refractivity contribution in [1.29, 1.82) is 0 Å². The van der Waals surface area contributed by atoms with E-state index >= 15 is 0 Å². The van der Waals surface area contributed by atoms with Gasteiger partial charge in [0.05, 0.1) is 11.1 Å². The fraction of sp³-hybridized carbons (Fsp3) is 0.100. The topological polar surface area (TPSA) is 132 Å². The quantitative estimate of drug-likeness (QED) is 0.370. The molecule has 0 aliphatic heterocycles. The number of nitro groups is 1. The van der Waals surface area contributed by atoms with Gasteiger partial charge in [-0.05, 0) is 6.07 Å². The largest absolute Gasteiger partial charge is 0.366 e. The lowest BCUT2D eigenvalue weighted by Gasteiger charge is -2.00. The molecule has 9 nitrogen and oxygen atoms in total. The van der Waals surface area contributed by atoms with Crippen LogP contribution in [0, 0.1) is 10.1 Å². The number of nitrogens with one attached hydrogen (secondary N) is 1. The average molecular weight is 300 g/mol. The second-order valence-electron chi connectivity index (χ2n) is 3.39. The number of nitro benzene ring substituents is 1. The van der Waals surface area contributed by atoms with Crippen molar-refractivity contribution >= 4 is 35.4 Å². The first-order valence-corrected chi connectivity index (χ1v) is 5.52. The van der Waals surface area contributed by atoms with Crippen LogP contribution in [0.4, 0.5) is 5.69 Å². The molecular formula is C10H10ClN5O4. The van der Waals surface area contributed by atoms with E-state index < -0.39 is 10.9 Å². The molecule has 0 bridgehead atoms. The molecule has 1 aromatic rings. The molecule has 0 heterocycles. The third-order valence-electron chi connectivity index (χ3n) is 1.85. The smallest absolute Gasteiger partial charge is 0.329 e. The highest BCUT2D eigenvalue weighted by molar-refractivity contribution is 6.33. The van der Waals surface area contributed by atoms with Crippen molar-refractivity contribution in [3.05, 3.63) is 38.9 Å². The van der Waals surface area contributed by atoms with Crippen molar-refractivity contribution in [3.8, 4) is 0 Å². The van der Waals surface area contributed by atoms with Gasteiger partial charge < -0.3 is 10.6 Å². The number of rotatable bonds is 3. The van der Waals surface area contributed by atoms with Crippen LogP contribution in [-0.4, -0.2) is 23.1 Å². The molecule has 0 spiro atoms. The van der Waals surface area contributed by atoms with Gasteiger partial charge in [0.25, 0.3) is 5.69 Å². The number of nitrogens with zero attached hydrogens (tertiary/aromatic N) is 3. The van der Waals surface area contributed by atoms with E-state index in [-0.39, 0.29) is 16.7 Å². The van der Waals surface area contributed by atoms with E-state index in [0.717, 1.165) is 0 Å². The summed E-state index contributed by atoms with van der Waals surface area (Å²) in [5, 5.41) is 17.9. The normalized spacial score (nSPS) is 11.4. The van der Waals surface area contributed by atoms with Crippen LogP contribution in [-0.2, 0) is 9.63 Å². The molecule has 0 saturated heterocycles. The maximum atomic E-state index is 10.6. The summed E-state index contributed by atoms with van der Waals surface area (Å²) in [6.07, 6.45) is 1.18. The molecule has 10 heteroatoms. The minimum absolute atomic E-state index is 0.133. The number of carbonyl (C=O) groups is 1. The number of hydrogen-bond acceptors (Lipinski definition) is 6. The maximum Gasteiger partial charge on any atom is 0.329 e. The SMILES string of the molecule is CC(=O)ONC(N)=NN=Cc1cc([N+](=O)[O-])ccc1Cl. The Morgan fingerprint density at radius 1 is 1.60 bits per heavy atom. The highest BCUT2D eigenvalue weighted by atomic mass is 35.5. The first kappa shape index (κ1) is 15.4. The number of hydrogen-bond donors (Lipinski definition) is 2. The van der Waals surface area contributed by atoms with Crippen LogP contribution in [0.5, 0.6) is 0 Å². The molecular weight excluding hydrogens is 290 g/mol. The predicted octanol–water partition coefficient (Wildman–Crippen LogP) is 0.965. The van der Waals surface area contributed by atoms with Gasteiger partial charge in [0.1, 0.15) is 0 Å². The van der Waals surface area contributed by atoms with E-state index in [2.05, 4.69) is 15.0 Å². The van der Waals surface area contributed by atoms with Crippen LogP contribution >= 0.6 is 11.6 Å². The summed E-state index contributed by atoms with van der Waals surface area (Å²) >= 11 is 5.84. The lowest BCUT2D eigenvalue weighted by molar-refractivity contribution is -0.384. The molecule has 0 unspecified atom stereocenters. The lowest BCUT2D eigenvalue weighted by atomic mass is 10.2. The molecule has 0 radical (unpaired) electrons. The molecule has 0 amide bonds. The molecule has 0 aliphatic carbocycles. The van der Waals surface area contributed by atoms with Crippen LogP contribution in [0.15, 0.2) is 28.4 Å². The van der Waals surface area contributed by atoms with Crippen molar-refractivity contribution in [2.45, 2.75) is 6.92 Å². The second-order valence-corrected chi connectivity index (χ2v) is 3.80. The van der Waals surface area contributed by atoms with Crippen molar-refractivity contribution in [2.24, 2.45) is 15.9 Å². The van der Waals surface area contributed by atoms with Gasteiger partial charge in [-0.1, -0.05) is 11.6 Å². The Bertz CT molecular complexity index is 587. The van der Waals surface area contributed by atoms with Gasteiger partial charge in [-0.25, -0.2) is 0 Å². The van der Waals surface area contributed by atoms with Gasteiger partial charge in [0, 0.05) is 29.6 Å². The van der Waals surface area contributed by atoms with Crippen molar-refractivity contribution in [1.82, 2.24) is 5.48 Å². The minimum atomic E-state index is -0.603. The van der Waals surface area contributed by atoms with Crippen LogP contribution in [0.2, 0.25) is 5.02 Å². The molecule has 0 saturated carbocycles. The summed E-state index contributed by atoms with van der Waals surface area (Å²) in [7, 11) is 0.